The fourth-order valence-corrected chi connectivity index (χ4v) is 3.54. The third kappa shape index (κ3) is 2.10. The normalized spacial score (nSPS) is 35.5. The smallest absolute Gasteiger partial charge is 0.0639 e. The van der Waals surface area contributed by atoms with E-state index in [0.717, 1.165) is 17.4 Å². The fraction of sp³-hybridized carbons (Fsp3) is 0.733. The van der Waals surface area contributed by atoms with Gasteiger partial charge in [-0.3, -0.25) is 0 Å². The molecule has 1 N–H and O–H groups in total. The Hall–Kier alpha value is -0.560. The Labute approximate surface area is 99.3 Å². The topological polar surface area (TPSA) is 20.2 Å². The van der Waals surface area contributed by atoms with Crippen LogP contribution in [0.2, 0.25) is 0 Å². The molecule has 0 heterocycles. The predicted octanol–water partition coefficient (Wildman–Crippen LogP) is 3.70. The van der Waals surface area contributed by atoms with Crippen molar-refractivity contribution in [2.75, 3.05) is 6.61 Å². The molecule has 0 aromatic rings. The van der Waals surface area contributed by atoms with Crippen molar-refractivity contribution < 1.29 is 5.11 Å². The first-order chi connectivity index (χ1) is 7.63. The van der Waals surface area contributed by atoms with Crippen LogP contribution in [0.15, 0.2) is 22.8 Å². The zero-order chi connectivity index (χ0) is 11.7. The molecule has 1 heteroatoms. The molecule has 1 fully saturated rings. The van der Waals surface area contributed by atoms with Crippen LogP contribution in [0, 0.1) is 17.8 Å². The van der Waals surface area contributed by atoms with E-state index < -0.39 is 0 Å². The lowest BCUT2D eigenvalue weighted by molar-refractivity contribution is 0.296. The van der Waals surface area contributed by atoms with Crippen molar-refractivity contribution in [1.29, 1.82) is 0 Å². The average Bonchev–Trinajstić information content (AvgIpc) is 2.66. The van der Waals surface area contributed by atoms with Crippen molar-refractivity contribution in [3.8, 4) is 0 Å². The Morgan fingerprint density at radius 3 is 2.81 bits per heavy atom. The number of aliphatic hydroxyl groups is 1. The van der Waals surface area contributed by atoms with Gasteiger partial charge < -0.3 is 5.11 Å². The number of hydrogen-bond donors (Lipinski definition) is 1. The highest BCUT2D eigenvalue weighted by atomic mass is 16.3. The number of hydrogen-bond acceptors (Lipinski definition) is 1. The SMILES string of the molecule is CC1=C2C(CC1)[C@H](C)CC[C@H]2/C=C(/C)CO. The molecular formula is C15H24O. The maximum absolute atomic E-state index is 9.14. The molecule has 1 nitrogen and oxygen atoms in total. The van der Waals surface area contributed by atoms with Crippen LogP contribution in [-0.4, -0.2) is 11.7 Å². The van der Waals surface area contributed by atoms with E-state index in [1.165, 1.54) is 25.7 Å². The van der Waals surface area contributed by atoms with Crippen LogP contribution in [0.5, 0.6) is 0 Å². The lowest BCUT2D eigenvalue weighted by Gasteiger charge is -2.34. The molecule has 0 aliphatic heterocycles. The lowest BCUT2D eigenvalue weighted by Crippen LogP contribution is -2.23. The highest BCUT2D eigenvalue weighted by molar-refractivity contribution is 5.30. The van der Waals surface area contributed by atoms with Gasteiger partial charge >= 0.3 is 0 Å². The van der Waals surface area contributed by atoms with Gasteiger partial charge in [0.2, 0.25) is 0 Å². The minimum atomic E-state index is 0.211. The summed E-state index contributed by atoms with van der Waals surface area (Å²) in [6.45, 7) is 6.96. The van der Waals surface area contributed by atoms with E-state index in [4.69, 9.17) is 5.11 Å². The van der Waals surface area contributed by atoms with Crippen molar-refractivity contribution in [3.63, 3.8) is 0 Å². The first kappa shape index (κ1) is 11.9. The van der Waals surface area contributed by atoms with Gasteiger partial charge in [0, 0.05) is 0 Å². The molecule has 1 unspecified atom stereocenters. The van der Waals surface area contributed by atoms with Crippen LogP contribution < -0.4 is 0 Å². The molecule has 0 amide bonds. The number of fused-ring (bicyclic) bond motifs is 1. The molecule has 2 aliphatic rings. The molecule has 0 aromatic carbocycles. The Morgan fingerprint density at radius 2 is 2.12 bits per heavy atom. The minimum Gasteiger partial charge on any atom is -0.392 e. The van der Waals surface area contributed by atoms with E-state index in [1.54, 1.807) is 11.1 Å². The maximum Gasteiger partial charge on any atom is 0.0639 e. The summed E-state index contributed by atoms with van der Waals surface area (Å²) in [6, 6.07) is 0. The Balaban J connectivity index is 2.24. The molecule has 3 atom stereocenters. The van der Waals surface area contributed by atoms with Gasteiger partial charge in [0.15, 0.2) is 0 Å². The van der Waals surface area contributed by atoms with Crippen LogP contribution in [-0.2, 0) is 0 Å². The highest BCUT2D eigenvalue weighted by Gasteiger charge is 2.35. The molecule has 0 bridgehead atoms. The summed E-state index contributed by atoms with van der Waals surface area (Å²) in [5.74, 6) is 2.32. The summed E-state index contributed by atoms with van der Waals surface area (Å²) in [5, 5.41) is 9.14. The lowest BCUT2D eigenvalue weighted by atomic mass is 9.71. The van der Waals surface area contributed by atoms with E-state index in [1.807, 2.05) is 6.92 Å². The van der Waals surface area contributed by atoms with Crippen LogP contribution in [0.3, 0.4) is 0 Å². The zero-order valence-electron chi connectivity index (χ0n) is 10.8. The first-order valence-corrected chi connectivity index (χ1v) is 6.61. The van der Waals surface area contributed by atoms with E-state index in [2.05, 4.69) is 19.9 Å². The molecule has 2 rings (SSSR count). The summed E-state index contributed by atoms with van der Waals surface area (Å²) in [7, 11) is 0. The molecule has 0 radical (unpaired) electrons. The van der Waals surface area contributed by atoms with Gasteiger partial charge in [-0.15, -0.1) is 0 Å². The zero-order valence-corrected chi connectivity index (χ0v) is 10.8. The van der Waals surface area contributed by atoms with Crippen molar-refractivity contribution in [1.82, 2.24) is 0 Å². The van der Waals surface area contributed by atoms with E-state index in [9.17, 15) is 0 Å². The van der Waals surface area contributed by atoms with Crippen molar-refractivity contribution >= 4 is 0 Å². The molecule has 90 valence electrons. The quantitative estimate of drug-likeness (QED) is 0.704. The predicted molar refractivity (Wildman–Crippen MR) is 68.2 cm³/mol. The molecule has 1 saturated carbocycles. The van der Waals surface area contributed by atoms with Gasteiger partial charge in [-0.25, -0.2) is 0 Å². The van der Waals surface area contributed by atoms with Crippen LogP contribution in [0.25, 0.3) is 0 Å². The Bertz CT molecular complexity index is 324. The second-order valence-electron chi connectivity index (χ2n) is 5.71. The van der Waals surface area contributed by atoms with Gasteiger partial charge in [0.25, 0.3) is 0 Å². The summed E-state index contributed by atoms with van der Waals surface area (Å²) in [6.07, 6.45) is 7.60. The van der Waals surface area contributed by atoms with Crippen molar-refractivity contribution in [2.45, 2.75) is 46.5 Å². The Kier molecular flexibility index (Phi) is 3.53. The van der Waals surface area contributed by atoms with Crippen molar-refractivity contribution in [3.05, 3.63) is 22.8 Å². The summed E-state index contributed by atoms with van der Waals surface area (Å²) in [5.41, 5.74) is 4.47. The first-order valence-electron chi connectivity index (χ1n) is 6.61. The molecule has 2 aliphatic carbocycles. The van der Waals surface area contributed by atoms with Crippen LogP contribution >= 0.6 is 0 Å². The fourth-order valence-electron chi connectivity index (χ4n) is 3.54. The molecule has 0 spiro atoms. The standard InChI is InChI=1S/C15H24O/c1-10(9-16)8-13-6-4-11(2)14-7-5-12(3)15(13)14/h8,11,13-14,16H,4-7,9H2,1-3H3/b10-8-/t11-,13+,14?/m1/s1. The third-order valence-corrected chi connectivity index (χ3v) is 4.48. The monoisotopic (exact) mass is 220 g/mol. The minimum absolute atomic E-state index is 0.211. The maximum atomic E-state index is 9.14. The summed E-state index contributed by atoms with van der Waals surface area (Å²) in [4.78, 5) is 0. The molecule has 16 heavy (non-hydrogen) atoms. The second-order valence-corrected chi connectivity index (χ2v) is 5.71. The molecule has 0 saturated heterocycles. The van der Waals surface area contributed by atoms with Gasteiger partial charge in [0.1, 0.15) is 0 Å². The van der Waals surface area contributed by atoms with Crippen LogP contribution in [0.1, 0.15) is 46.5 Å². The second kappa shape index (κ2) is 4.75. The van der Waals surface area contributed by atoms with E-state index >= 15 is 0 Å². The van der Waals surface area contributed by atoms with Crippen molar-refractivity contribution in [2.24, 2.45) is 17.8 Å². The molecular weight excluding hydrogens is 196 g/mol. The summed E-state index contributed by atoms with van der Waals surface area (Å²) >= 11 is 0. The van der Waals surface area contributed by atoms with E-state index in [0.29, 0.717) is 5.92 Å². The number of aliphatic hydroxyl groups excluding tert-OH is 1. The van der Waals surface area contributed by atoms with E-state index in [-0.39, 0.29) is 6.61 Å². The van der Waals surface area contributed by atoms with Gasteiger partial charge in [-0.2, -0.15) is 0 Å². The largest absolute Gasteiger partial charge is 0.392 e. The summed E-state index contributed by atoms with van der Waals surface area (Å²) < 4.78 is 0. The van der Waals surface area contributed by atoms with Gasteiger partial charge in [0.05, 0.1) is 6.61 Å². The number of allylic oxidation sites excluding steroid dienone is 3. The van der Waals surface area contributed by atoms with Gasteiger partial charge in [-0.1, -0.05) is 29.7 Å². The van der Waals surface area contributed by atoms with Gasteiger partial charge in [-0.05, 0) is 57.3 Å². The number of rotatable bonds is 2. The highest BCUT2D eigenvalue weighted by Crippen LogP contribution is 2.48. The Morgan fingerprint density at radius 1 is 1.38 bits per heavy atom. The molecule has 0 aromatic heterocycles. The average molecular weight is 220 g/mol. The van der Waals surface area contributed by atoms with Crippen LogP contribution in [0.4, 0.5) is 0 Å². The third-order valence-electron chi connectivity index (χ3n) is 4.48.